The van der Waals surface area contributed by atoms with Crippen LogP contribution in [0.25, 0.3) is 22.5 Å². The molecule has 1 aliphatic carbocycles. The third-order valence-electron chi connectivity index (χ3n) is 7.14. The average molecular weight is 577 g/mol. The molecule has 1 aliphatic rings. The second-order valence-corrected chi connectivity index (χ2v) is 11.0. The molecule has 2 aromatic carbocycles. The Kier molecular flexibility index (Phi) is 7.77. The highest BCUT2D eigenvalue weighted by molar-refractivity contribution is 6.31. The van der Waals surface area contributed by atoms with Crippen molar-refractivity contribution in [2.24, 2.45) is 7.05 Å². The number of aryl methyl sites for hydroxylation is 1. The summed E-state index contributed by atoms with van der Waals surface area (Å²) < 4.78 is 18.0. The monoisotopic (exact) mass is 576 g/mol. The van der Waals surface area contributed by atoms with Crippen LogP contribution < -0.4 is 16.2 Å². The Hall–Kier alpha value is -4.31. The summed E-state index contributed by atoms with van der Waals surface area (Å²) in [5.41, 5.74) is 1.42. The maximum absolute atomic E-state index is 14.6. The summed E-state index contributed by atoms with van der Waals surface area (Å²) in [5, 5.41) is 13.8. The quantitative estimate of drug-likeness (QED) is 0.300. The van der Waals surface area contributed by atoms with Crippen molar-refractivity contribution in [3.05, 3.63) is 88.1 Å². The van der Waals surface area contributed by atoms with E-state index in [1.165, 1.54) is 6.07 Å². The Morgan fingerprint density at radius 3 is 2.37 bits per heavy atom. The van der Waals surface area contributed by atoms with Gasteiger partial charge in [0.1, 0.15) is 12.4 Å². The van der Waals surface area contributed by atoms with E-state index in [-0.39, 0.29) is 30.9 Å². The number of amides is 2. The van der Waals surface area contributed by atoms with E-state index in [0.717, 1.165) is 16.7 Å². The first kappa shape index (κ1) is 28.2. The topological polar surface area (TPSA) is 111 Å². The van der Waals surface area contributed by atoms with Crippen LogP contribution >= 0.6 is 11.6 Å². The van der Waals surface area contributed by atoms with Crippen LogP contribution in [0.4, 0.5) is 10.1 Å². The summed E-state index contributed by atoms with van der Waals surface area (Å²) in [6, 6.07) is 14.5. The van der Waals surface area contributed by atoms with Crippen molar-refractivity contribution in [2.45, 2.75) is 50.9 Å². The van der Waals surface area contributed by atoms with Crippen molar-refractivity contribution in [3.8, 4) is 22.5 Å². The minimum Gasteiger partial charge on any atom is -0.341 e. The number of benzene rings is 2. The third kappa shape index (κ3) is 6.22. The maximum atomic E-state index is 14.6. The van der Waals surface area contributed by atoms with Crippen LogP contribution in [0.5, 0.6) is 0 Å². The highest BCUT2D eigenvalue weighted by Crippen LogP contribution is 2.40. The molecular formula is C30H30ClFN6O3. The summed E-state index contributed by atoms with van der Waals surface area (Å²) in [7, 11) is 1.83. The van der Waals surface area contributed by atoms with Gasteiger partial charge in [-0.15, -0.1) is 10.2 Å². The van der Waals surface area contributed by atoms with Gasteiger partial charge in [-0.2, -0.15) is 0 Å². The van der Waals surface area contributed by atoms with E-state index >= 15 is 0 Å². The number of rotatable bonds is 9. The summed E-state index contributed by atoms with van der Waals surface area (Å²) in [5.74, 6) is -0.653. The molecule has 1 atom stereocenters. The minimum absolute atomic E-state index is 0.0255. The van der Waals surface area contributed by atoms with E-state index in [1.807, 2.05) is 33.0 Å². The Bertz CT molecular complexity index is 1660. The molecule has 2 N–H and O–H groups in total. The van der Waals surface area contributed by atoms with E-state index in [9.17, 15) is 18.8 Å². The zero-order valence-electron chi connectivity index (χ0n) is 22.9. The first-order valence-corrected chi connectivity index (χ1v) is 13.7. The summed E-state index contributed by atoms with van der Waals surface area (Å²) in [6.45, 7) is 3.84. The molecular weight excluding hydrogens is 547 g/mol. The molecule has 0 aliphatic heterocycles. The molecule has 0 saturated heterocycles. The van der Waals surface area contributed by atoms with Crippen LogP contribution in [0.2, 0.25) is 5.02 Å². The van der Waals surface area contributed by atoms with Gasteiger partial charge in [-0.05, 0) is 85.8 Å². The predicted octanol–water partition coefficient (Wildman–Crippen LogP) is 4.71. The number of pyridine rings is 1. The van der Waals surface area contributed by atoms with Crippen molar-refractivity contribution in [3.63, 3.8) is 0 Å². The van der Waals surface area contributed by atoms with Crippen LogP contribution in [-0.4, -0.2) is 42.9 Å². The Morgan fingerprint density at radius 1 is 1.05 bits per heavy atom. The summed E-state index contributed by atoms with van der Waals surface area (Å²) in [6.07, 6.45) is 3.64. The fourth-order valence-electron chi connectivity index (χ4n) is 4.52. The van der Waals surface area contributed by atoms with E-state index in [0.29, 0.717) is 22.1 Å². The van der Waals surface area contributed by atoms with E-state index in [4.69, 9.17) is 11.6 Å². The highest BCUT2D eigenvalue weighted by Gasteiger charge is 2.51. The van der Waals surface area contributed by atoms with Gasteiger partial charge in [-0.3, -0.25) is 14.4 Å². The largest absolute Gasteiger partial charge is 0.341 e. The number of aromatic nitrogens is 4. The van der Waals surface area contributed by atoms with Gasteiger partial charge in [-0.1, -0.05) is 17.7 Å². The molecule has 2 aromatic heterocycles. The number of carbonyl (C=O) groups excluding carboxylic acids is 2. The number of hydrogen-bond donors (Lipinski definition) is 2. The van der Waals surface area contributed by atoms with Crippen LogP contribution in [0, 0.1) is 0 Å². The lowest BCUT2D eigenvalue weighted by molar-refractivity contribution is -0.131. The number of nitrogens with one attached hydrogen (secondary N) is 2. The zero-order chi connectivity index (χ0) is 29.3. The molecule has 2 heterocycles. The Balaban J connectivity index is 1.40. The molecule has 1 saturated carbocycles. The van der Waals surface area contributed by atoms with Gasteiger partial charge in [0.05, 0.1) is 0 Å². The lowest BCUT2D eigenvalue weighted by atomic mass is 9.99. The third-order valence-corrected chi connectivity index (χ3v) is 7.51. The molecule has 2 amide bonds. The Morgan fingerprint density at radius 2 is 1.73 bits per heavy atom. The normalized spacial score (nSPS) is 14.5. The molecule has 1 fully saturated rings. The molecule has 9 nitrogen and oxygen atoms in total. The first-order valence-electron chi connectivity index (χ1n) is 13.3. The number of anilines is 1. The SMILES string of the molecule is CC(C)n1cc(-c2ccc(Cl)c(C[C@H](NC(=O)C3(F)CC3)C(=O)Nc3ccc(-c4nncn4C)cc3)c2)ccc1=O. The standard InChI is InChI=1S/C30H30ClFN6O3/c1-18(2)38-16-21(7-11-26(38)39)20-6-10-24(31)22(14-20)15-25(35-29(41)30(32)12-13-30)28(40)34-23-8-4-19(5-9-23)27-36-33-17-37(27)3/h4-11,14,16-18,25H,12-13,15H2,1-3H3,(H,34,40)(H,35,41)/t25-/m0/s1. The average Bonchev–Trinajstić information content (AvgIpc) is 3.56. The minimum atomic E-state index is -1.95. The van der Waals surface area contributed by atoms with Crippen molar-refractivity contribution in [2.75, 3.05) is 5.32 Å². The second kappa shape index (κ2) is 11.3. The molecule has 41 heavy (non-hydrogen) atoms. The fourth-order valence-corrected chi connectivity index (χ4v) is 4.71. The van der Waals surface area contributed by atoms with Crippen LogP contribution in [0.3, 0.4) is 0 Å². The number of halogens is 2. The van der Waals surface area contributed by atoms with Gasteiger partial charge in [-0.25, -0.2) is 4.39 Å². The number of alkyl halides is 1. The van der Waals surface area contributed by atoms with Crippen LogP contribution in [0.15, 0.2) is 71.9 Å². The molecule has 0 radical (unpaired) electrons. The maximum Gasteiger partial charge on any atom is 0.258 e. The lowest BCUT2D eigenvalue weighted by Crippen LogP contribution is -2.48. The number of hydrogen-bond acceptors (Lipinski definition) is 5. The second-order valence-electron chi connectivity index (χ2n) is 10.6. The molecule has 0 bridgehead atoms. The Labute approximate surface area is 241 Å². The fraction of sp³-hybridized carbons (Fsp3) is 0.300. The lowest BCUT2D eigenvalue weighted by Gasteiger charge is -2.21. The first-order chi connectivity index (χ1) is 19.5. The van der Waals surface area contributed by atoms with Crippen molar-refractivity contribution >= 4 is 29.1 Å². The van der Waals surface area contributed by atoms with Crippen molar-refractivity contribution in [1.82, 2.24) is 24.6 Å². The van der Waals surface area contributed by atoms with Crippen molar-refractivity contribution < 1.29 is 14.0 Å². The number of nitrogens with zero attached hydrogens (tertiary/aromatic N) is 4. The van der Waals surface area contributed by atoms with E-state index in [1.54, 1.807) is 58.1 Å². The molecule has 11 heteroatoms. The smallest absolute Gasteiger partial charge is 0.258 e. The van der Waals surface area contributed by atoms with Crippen LogP contribution in [-0.2, 0) is 23.1 Å². The van der Waals surface area contributed by atoms with Gasteiger partial charge < -0.3 is 19.8 Å². The van der Waals surface area contributed by atoms with Gasteiger partial charge in [0, 0.05) is 48.0 Å². The van der Waals surface area contributed by atoms with E-state index in [2.05, 4.69) is 20.8 Å². The zero-order valence-corrected chi connectivity index (χ0v) is 23.7. The van der Waals surface area contributed by atoms with Gasteiger partial charge in [0.15, 0.2) is 11.5 Å². The van der Waals surface area contributed by atoms with Gasteiger partial charge in [0.2, 0.25) is 5.91 Å². The molecule has 5 rings (SSSR count). The predicted molar refractivity (Wildman–Crippen MR) is 155 cm³/mol. The molecule has 0 spiro atoms. The van der Waals surface area contributed by atoms with Gasteiger partial charge >= 0.3 is 0 Å². The summed E-state index contributed by atoms with van der Waals surface area (Å²) in [4.78, 5) is 38.3. The molecule has 212 valence electrons. The highest BCUT2D eigenvalue weighted by atomic mass is 35.5. The van der Waals surface area contributed by atoms with Crippen molar-refractivity contribution in [1.29, 1.82) is 0 Å². The van der Waals surface area contributed by atoms with Gasteiger partial charge in [0.25, 0.3) is 11.5 Å². The molecule has 4 aromatic rings. The van der Waals surface area contributed by atoms with E-state index < -0.39 is 23.5 Å². The van der Waals surface area contributed by atoms with Crippen LogP contribution in [0.1, 0.15) is 38.3 Å². The summed E-state index contributed by atoms with van der Waals surface area (Å²) >= 11 is 6.53. The number of carbonyl (C=O) groups is 2. The molecule has 0 unspecified atom stereocenters.